The van der Waals surface area contributed by atoms with Crippen LogP contribution in [0.25, 0.3) is 0 Å². The van der Waals surface area contributed by atoms with Crippen LogP contribution in [0.15, 0.2) is 48.5 Å². The Labute approximate surface area is 151 Å². The van der Waals surface area contributed by atoms with Crippen molar-refractivity contribution in [3.63, 3.8) is 0 Å². The lowest BCUT2D eigenvalue weighted by Gasteiger charge is -2.14. The lowest BCUT2D eigenvalue weighted by atomic mass is 10.1. The molecule has 0 heterocycles. The van der Waals surface area contributed by atoms with Crippen LogP contribution in [-0.4, -0.2) is 32.2 Å². The summed E-state index contributed by atoms with van der Waals surface area (Å²) in [7, 11) is 1.38. The van der Waals surface area contributed by atoms with E-state index in [2.05, 4.69) is 10.1 Å². The Morgan fingerprint density at radius 3 is 2.50 bits per heavy atom. The lowest BCUT2D eigenvalue weighted by Crippen LogP contribution is -2.42. The Balaban J connectivity index is 1.85. The van der Waals surface area contributed by atoms with Gasteiger partial charge in [-0.05, 0) is 36.1 Å². The number of alkyl halides is 2. The van der Waals surface area contributed by atoms with E-state index < -0.39 is 12.7 Å². The molecule has 1 amide bonds. The minimum absolute atomic E-state index is 0.0351. The van der Waals surface area contributed by atoms with Crippen LogP contribution in [0.3, 0.4) is 0 Å². The maximum atomic E-state index is 12.4. The summed E-state index contributed by atoms with van der Waals surface area (Å²) < 4.78 is 34.3. The zero-order valence-corrected chi connectivity index (χ0v) is 14.5. The molecule has 2 aromatic carbocycles. The van der Waals surface area contributed by atoms with E-state index in [1.54, 1.807) is 12.1 Å². The van der Waals surface area contributed by atoms with Gasteiger partial charge in [-0.2, -0.15) is 8.78 Å². The van der Waals surface area contributed by atoms with E-state index in [9.17, 15) is 13.6 Å². The third-order valence-electron chi connectivity index (χ3n) is 3.79. The van der Waals surface area contributed by atoms with E-state index in [4.69, 9.17) is 10.5 Å². The van der Waals surface area contributed by atoms with E-state index in [0.717, 1.165) is 11.1 Å². The molecule has 0 aliphatic heterocycles. The van der Waals surface area contributed by atoms with Crippen molar-refractivity contribution in [3.8, 4) is 11.5 Å². The molecular weight excluding hydrogens is 342 g/mol. The van der Waals surface area contributed by atoms with Gasteiger partial charge in [0.25, 0.3) is 0 Å². The molecule has 0 bridgehead atoms. The average Bonchev–Trinajstić information content (AvgIpc) is 2.62. The second-order valence-corrected chi connectivity index (χ2v) is 5.70. The molecule has 0 saturated carbocycles. The van der Waals surface area contributed by atoms with Crippen LogP contribution in [0.5, 0.6) is 11.5 Å². The summed E-state index contributed by atoms with van der Waals surface area (Å²) in [5.74, 6) is -0.0681. The Kier molecular flexibility index (Phi) is 7.35. The van der Waals surface area contributed by atoms with Gasteiger partial charge in [-0.25, -0.2) is 0 Å². The van der Waals surface area contributed by atoms with Crippen molar-refractivity contribution < 1.29 is 23.0 Å². The predicted molar refractivity (Wildman–Crippen MR) is 94.5 cm³/mol. The van der Waals surface area contributed by atoms with E-state index >= 15 is 0 Å². The molecule has 7 heteroatoms. The highest BCUT2D eigenvalue weighted by molar-refractivity contribution is 5.81. The zero-order valence-electron chi connectivity index (χ0n) is 14.5. The third-order valence-corrected chi connectivity index (χ3v) is 3.79. The molecule has 5 nitrogen and oxygen atoms in total. The molecule has 0 unspecified atom stereocenters. The van der Waals surface area contributed by atoms with Gasteiger partial charge in [0.1, 0.15) is 0 Å². The average molecular weight is 364 g/mol. The predicted octanol–water partition coefficient (Wildman–Crippen LogP) is 2.53. The maximum Gasteiger partial charge on any atom is 0.387 e. The SMILES string of the molecule is COc1ccc(CCNC(=O)[C@@H](N)Cc2ccccc2)cc1OC(F)F. The van der Waals surface area contributed by atoms with Gasteiger partial charge in [-0.1, -0.05) is 36.4 Å². The smallest absolute Gasteiger partial charge is 0.387 e. The van der Waals surface area contributed by atoms with Crippen molar-refractivity contribution in [1.82, 2.24) is 5.32 Å². The van der Waals surface area contributed by atoms with Crippen molar-refractivity contribution in [3.05, 3.63) is 59.7 Å². The molecule has 0 fully saturated rings. The van der Waals surface area contributed by atoms with E-state index in [1.807, 2.05) is 30.3 Å². The quantitative estimate of drug-likeness (QED) is 0.717. The summed E-state index contributed by atoms with van der Waals surface area (Å²) in [5, 5.41) is 2.76. The van der Waals surface area contributed by atoms with Gasteiger partial charge in [0.15, 0.2) is 11.5 Å². The van der Waals surface area contributed by atoms with Crippen molar-refractivity contribution >= 4 is 5.91 Å². The third kappa shape index (κ3) is 6.00. The van der Waals surface area contributed by atoms with Gasteiger partial charge >= 0.3 is 6.61 Å². The van der Waals surface area contributed by atoms with Gasteiger partial charge in [0.05, 0.1) is 13.2 Å². The minimum Gasteiger partial charge on any atom is -0.493 e. The summed E-state index contributed by atoms with van der Waals surface area (Å²) >= 11 is 0. The first-order valence-corrected chi connectivity index (χ1v) is 8.18. The Morgan fingerprint density at radius 2 is 1.85 bits per heavy atom. The number of amides is 1. The number of halogens is 2. The van der Waals surface area contributed by atoms with Crippen LogP contribution >= 0.6 is 0 Å². The monoisotopic (exact) mass is 364 g/mol. The number of hydrogen-bond donors (Lipinski definition) is 2. The molecule has 2 rings (SSSR count). The number of rotatable bonds is 9. The van der Waals surface area contributed by atoms with Crippen LogP contribution in [0.1, 0.15) is 11.1 Å². The highest BCUT2D eigenvalue weighted by Gasteiger charge is 2.14. The van der Waals surface area contributed by atoms with Gasteiger partial charge in [0.2, 0.25) is 5.91 Å². The Morgan fingerprint density at radius 1 is 1.12 bits per heavy atom. The first-order valence-electron chi connectivity index (χ1n) is 8.18. The number of hydrogen-bond acceptors (Lipinski definition) is 4. The van der Waals surface area contributed by atoms with Crippen LogP contribution < -0.4 is 20.5 Å². The molecule has 0 aromatic heterocycles. The molecule has 2 aromatic rings. The van der Waals surface area contributed by atoms with E-state index in [1.165, 1.54) is 13.2 Å². The normalized spacial score (nSPS) is 11.9. The van der Waals surface area contributed by atoms with Crippen molar-refractivity contribution in [2.75, 3.05) is 13.7 Å². The molecule has 0 radical (unpaired) electrons. The highest BCUT2D eigenvalue weighted by Crippen LogP contribution is 2.29. The Hall–Kier alpha value is -2.67. The summed E-state index contributed by atoms with van der Waals surface area (Å²) in [6.45, 7) is -2.60. The van der Waals surface area contributed by atoms with Crippen molar-refractivity contribution in [2.45, 2.75) is 25.5 Å². The van der Waals surface area contributed by atoms with Crippen LogP contribution in [0.2, 0.25) is 0 Å². The molecular formula is C19H22F2N2O3. The van der Waals surface area contributed by atoms with Gasteiger partial charge in [0, 0.05) is 6.54 Å². The van der Waals surface area contributed by atoms with Crippen molar-refractivity contribution in [2.24, 2.45) is 5.73 Å². The lowest BCUT2D eigenvalue weighted by molar-refractivity contribution is -0.122. The van der Waals surface area contributed by atoms with Crippen LogP contribution in [0, 0.1) is 0 Å². The number of methoxy groups -OCH3 is 1. The van der Waals surface area contributed by atoms with Crippen LogP contribution in [0.4, 0.5) is 8.78 Å². The fourth-order valence-corrected chi connectivity index (χ4v) is 2.49. The molecule has 0 aliphatic carbocycles. The fourth-order valence-electron chi connectivity index (χ4n) is 2.49. The second kappa shape index (κ2) is 9.72. The minimum atomic E-state index is -2.94. The topological polar surface area (TPSA) is 73.6 Å². The highest BCUT2D eigenvalue weighted by atomic mass is 19.3. The number of benzene rings is 2. The standard InChI is InChI=1S/C19H22F2N2O3/c1-25-16-8-7-14(12-17(16)26-19(20)21)9-10-23-18(24)15(22)11-13-5-3-2-4-6-13/h2-8,12,15,19H,9-11,22H2,1H3,(H,23,24)/t15-/m0/s1. The molecule has 0 spiro atoms. The number of nitrogens with one attached hydrogen (secondary N) is 1. The summed E-state index contributed by atoms with van der Waals surface area (Å²) in [6, 6.07) is 13.6. The number of carbonyl (C=O) groups is 1. The van der Waals surface area contributed by atoms with Gasteiger partial charge in [-0.3, -0.25) is 4.79 Å². The summed E-state index contributed by atoms with van der Waals surface area (Å²) in [6.07, 6.45) is 0.898. The largest absolute Gasteiger partial charge is 0.493 e. The molecule has 0 saturated heterocycles. The van der Waals surface area contributed by atoms with Gasteiger partial charge < -0.3 is 20.5 Å². The molecule has 140 valence electrons. The number of carbonyl (C=O) groups excluding carboxylic acids is 1. The summed E-state index contributed by atoms with van der Waals surface area (Å²) in [5.41, 5.74) is 7.63. The van der Waals surface area contributed by atoms with Gasteiger partial charge in [-0.15, -0.1) is 0 Å². The molecule has 0 aliphatic rings. The number of nitrogens with two attached hydrogens (primary N) is 1. The molecule has 3 N–H and O–H groups in total. The van der Waals surface area contributed by atoms with E-state index in [0.29, 0.717) is 19.4 Å². The first kappa shape index (κ1) is 19.7. The van der Waals surface area contributed by atoms with E-state index in [-0.39, 0.29) is 17.4 Å². The zero-order chi connectivity index (χ0) is 18.9. The summed E-state index contributed by atoms with van der Waals surface area (Å²) in [4.78, 5) is 12.1. The number of ether oxygens (including phenoxy) is 2. The molecule has 1 atom stereocenters. The Bertz CT molecular complexity index is 711. The second-order valence-electron chi connectivity index (χ2n) is 5.70. The molecule has 26 heavy (non-hydrogen) atoms. The van der Waals surface area contributed by atoms with Crippen LogP contribution in [-0.2, 0) is 17.6 Å². The van der Waals surface area contributed by atoms with Crippen molar-refractivity contribution in [1.29, 1.82) is 0 Å². The maximum absolute atomic E-state index is 12.4. The fraction of sp³-hybridized carbons (Fsp3) is 0.316. The first-order chi connectivity index (χ1) is 12.5.